The van der Waals surface area contributed by atoms with E-state index in [1.165, 1.54) is 6.08 Å². The minimum Gasteiger partial charge on any atom is -0.463 e. The van der Waals surface area contributed by atoms with Crippen LogP contribution in [0.4, 0.5) is 0 Å². The molecular weight excluding hydrogens is 226 g/mol. The number of ether oxygens (including phenoxy) is 1. The van der Waals surface area contributed by atoms with Crippen LogP contribution in [0.1, 0.15) is 18.2 Å². The first-order chi connectivity index (χ1) is 8.69. The molecule has 0 bridgehead atoms. The van der Waals surface area contributed by atoms with E-state index >= 15 is 0 Å². The molecule has 0 aliphatic rings. The zero-order valence-corrected chi connectivity index (χ0v) is 10.5. The van der Waals surface area contributed by atoms with Crippen LogP contribution in [0.25, 0.3) is 17.0 Å². The van der Waals surface area contributed by atoms with Crippen molar-refractivity contribution in [2.45, 2.75) is 13.8 Å². The minimum atomic E-state index is -0.324. The summed E-state index contributed by atoms with van der Waals surface area (Å²) < 4.78 is 4.83. The Morgan fingerprint density at radius 1 is 1.33 bits per heavy atom. The molecule has 0 unspecified atom stereocenters. The van der Waals surface area contributed by atoms with Crippen molar-refractivity contribution < 1.29 is 9.53 Å². The Hall–Kier alpha value is -2.16. The quantitative estimate of drug-likeness (QED) is 0.612. The fraction of sp³-hybridized carbons (Fsp3) is 0.200. The molecule has 92 valence electrons. The number of rotatable bonds is 3. The van der Waals surface area contributed by atoms with Gasteiger partial charge < -0.3 is 4.74 Å². The van der Waals surface area contributed by atoms with Crippen molar-refractivity contribution in [3.63, 3.8) is 0 Å². The Labute approximate surface area is 106 Å². The molecule has 1 aromatic heterocycles. The Kier molecular flexibility index (Phi) is 3.72. The average molecular weight is 241 g/mol. The van der Waals surface area contributed by atoms with Gasteiger partial charge in [-0.2, -0.15) is 0 Å². The second kappa shape index (κ2) is 5.45. The number of benzene rings is 1. The first-order valence-corrected chi connectivity index (χ1v) is 5.91. The molecule has 0 amide bonds. The van der Waals surface area contributed by atoms with E-state index in [0.717, 1.165) is 22.2 Å². The lowest BCUT2D eigenvalue weighted by molar-refractivity contribution is -0.137. The van der Waals surface area contributed by atoms with E-state index in [9.17, 15) is 4.79 Å². The molecule has 3 heteroatoms. The number of carbonyl (C=O) groups is 1. The standard InChI is InChI=1S/C15H15NO2/c1-3-18-15(17)9-6-12-5-8-13-7-4-11(2)16-14(13)10-12/h4-10H,3H2,1-2H3/b9-6+. The van der Waals surface area contributed by atoms with Crippen LogP contribution in [0.3, 0.4) is 0 Å². The summed E-state index contributed by atoms with van der Waals surface area (Å²) in [6.07, 6.45) is 3.17. The van der Waals surface area contributed by atoms with E-state index < -0.39 is 0 Å². The average Bonchev–Trinajstić information content (AvgIpc) is 2.36. The van der Waals surface area contributed by atoms with E-state index in [2.05, 4.69) is 4.98 Å². The Morgan fingerprint density at radius 2 is 2.11 bits per heavy atom. The van der Waals surface area contributed by atoms with Crippen LogP contribution in [0.15, 0.2) is 36.4 Å². The highest BCUT2D eigenvalue weighted by atomic mass is 16.5. The van der Waals surface area contributed by atoms with Gasteiger partial charge in [0.1, 0.15) is 0 Å². The summed E-state index contributed by atoms with van der Waals surface area (Å²) in [6, 6.07) is 9.92. The van der Waals surface area contributed by atoms with E-state index in [4.69, 9.17) is 4.74 Å². The maximum atomic E-state index is 11.2. The van der Waals surface area contributed by atoms with Gasteiger partial charge in [-0.25, -0.2) is 4.79 Å². The Balaban J connectivity index is 2.27. The van der Waals surface area contributed by atoms with Gasteiger partial charge in [-0.1, -0.05) is 18.2 Å². The van der Waals surface area contributed by atoms with Crippen molar-refractivity contribution in [1.82, 2.24) is 4.98 Å². The van der Waals surface area contributed by atoms with Gasteiger partial charge in [0, 0.05) is 17.2 Å². The van der Waals surface area contributed by atoms with Crippen molar-refractivity contribution in [3.05, 3.63) is 47.7 Å². The smallest absolute Gasteiger partial charge is 0.330 e. The zero-order chi connectivity index (χ0) is 13.0. The molecule has 0 radical (unpaired) electrons. The number of hydrogen-bond donors (Lipinski definition) is 0. The largest absolute Gasteiger partial charge is 0.463 e. The third kappa shape index (κ3) is 2.94. The van der Waals surface area contributed by atoms with E-state index in [1.807, 2.05) is 37.3 Å². The van der Waals surface area contributed by atoms with E-state index in [-0.39, 0.29) is 5.97 Å². The van der Waals surface area contributed by atoms with Gasteiger partial charge >= 0.3 is 5.97 Å². The van der Waals surface area contributed by atoms with Gasteiger partial charge in [0.2, 0.25) is 0 Å². The van der Waals surface area contributed by atoms with Gasteiger partial charge in [0.15, 0.2) is 0 Å². The Bertz CT molecular complexity index is 602. The SMILES string of the molecule is CCOC(=O)/C=C/c1ccc2ccc(C)nc2c1. The van der Waals surface area contributed by atoms with E-state index in [0.29, 0.717) is 6.61 Å². The number of fused-ring (bicyclic) bond motifs is 1. The third-order valence-electron chi connectivity index (χ3n) is 2.55. The van der Waals surface area contributed by atoms with Crippen LogP contribution in [-0.4, -0.2) is 17.6 Å². The van der Waals surface area contributed by atoms with Crippen molar-refractivity contribution in [2.24, 2.45) is 0 Å². The summed E-state index contributed by atoms with van der Waals surface area (Å²) >= 11 is 0. The summed E-state index contributed by atoms with van der Waals surface area (Å²) in [4.78, 5) is 15.7. The summed E-state index contributed by atoms with van der Waals surface area (Å²) in [5.41, 5.74) is 2.85. The van der Waals surface area contributed by atoms with Crippen molar-refractivity contribution >= 4 is 22.9 Å². The van der Waals surface area contributed by atoms with Crippen molar-refractivity contribution in [1.29, 1.82) is 0 Å². The van der Waals surface area contributed by atoms with Crippen LogP contribution in [0, 0.1) is 6.92 Å². The number of aromatic nitrogens is 1. The summed E-state index contributed by atoms with van der Waals surface area (Å²) in [6.45, 7) is 4.14. The molecule has 3 nitrogen and oxygen atoms in total. The fourth-order valence-corrected chi connectivity index (χ4v) is 1.69. The summed E-state index contributed by atoms with van der Waals surface area (Å²) in [5, 5.41) is 1.09. The highest BCUT2D eigenvalue weighted by molar-refractivity contribution is 5.88. The lowest BCUT2D eigenvalue weighted by atomic mass is 10.1. The molecule has 1 heterocycles. The number of pyridine rings is 1. The second-order valence-corrected chi connectivity index (χ2v) is 3.99. The molecule has 18 heavy (non-hydrogen) atoms. The topological polar surface area (TPSA) is 39.2 Å². The van der Waals surface area contributed by atoms with Crippen LogP contribution in [0.5, 0.6) is 0 Å². The van der Waals surface area contributed by atoms with Gasteiger partial charge in [0.25, 0.3) is 0 Å². The molecule has 0 spiro atoms. The highest BCUT2D eigenvalue weighted by Crippen LogP contribution is 2.15. The number of hydrogen-bond acceptors (Lipinski definition) is 3. The maximum absolute atomic E-state index is 11.2. The monoisotopic (exact) mass is 241 g/mol. The van der Waals surface area contributed by atoms with Gasteiger partial charge in [0.05, 0.1) is 12.1 Å². The van der Waals surface area contributed by atoms with Crippen LogP contribution < -0.4 is 0 Å². The van der Waals surface area contributed by atoms with Crippen LogP contribution in [-0.2, 0) is 9.53 Å². The lowest BCUT2D eigenvalue weighted by Crippen LogP contribution is -1.98. The first-order valence-electron chi connectivity index (χ1n) is 5.91. The summed E-state index contributed by atoms with van der Waals surface area (Å²) in [5.74, 6) is -0.324. The number of carbonyl (C=O) groups excluding carboxylic acids is 1. The van der Waals surface area contributed by atoms with Crippen molar-refractivity contribution in [2.75, 3.05) is 6.61 Å². The van der Waals surface area contributed by atoms with Gasteiger partial charge in [-0.15, -0.1) is 0 Å². The fourth-order valence-electron chi connectivity index (χ4n) is 1.69. The molecule has 0 atom stereocenters. The van der Waals surface area contributed by atoms with Crippen LogP contribution >= 0.6 is 0 Å². The van der Waals surface area contributed by atoms with Gasteiger partial charge in [-0.05, 0) is 37.6 Å². The highest BCUT2D eigenvalue weighted by Gasteiger charge is 1.98. The van der Waals surface area contributed by atoms with Crippen LogP contribution in [0.2, 0.25) is 0 Å². The molecule has 2 aromatic rings. The van der Waals surface area contributed by atoms with E-state index in [1.54, 1.807) is 13.0 Å². The first kappa shape index (κ1) is 12.3. The predicted octanol–water partition coefficient (Wildman–Crippen LogP) is 3.12. The molecule has 0 saturated carbocycles. The minimum absolute atomic E-state index is 0.324. The van der Waals surface area contributed by atoms with Crippen molar-refractivity contribution in [3.8, 4) is 0 Å². The molecule has 0 aliphatic carbocycles. The second-order valence-electron chi connectivity index (χ2n) is 3.99. The zero-order valence-electron chi connectivity index (χ0n) is 10.5. The predicted molar refractivity (Wildman–Crippen MR) is 72.1 cm³/mol. The molecule has 1 aromatic carbocycles. The Morgan fingerprint density at radius 3 is 2.89 bits per heavy atom. The number of aryl methyl sites for hydroxylation is 1. The molecule has 0 fully saturated rings. The molecule has 0 N–H and O–H groups in total. The molecule has 0 aliphatic heterocycles. The molecule has 0 saturated heterocycles. The maximum Gasteiger partial charge on any atom is 0.330 e. The number of esters is 1. The number of nitrogens with zero attached hydrogens (tertiary/aromatic N) is 1. The van der Waals surface area contributed by atoms with Gasteiger partial charge in [-0.3, -0.25) is 4.98 Å². The normalized spacial score (nSPS) is 11.0. The third-order valence-corrected chi connectivity index (χ3v) is 2.55. The molecular formula is C15H15NO2. The molecule has 2 rings (SSSR count). The summed E-state index contributed by atoms with van der Waals surface area (Å²) in [7, 11) is 0. The lowest BCUT2D eigenvalue weighted by Gasteiger charge is -2.00.